The smallest absolute Gasteiger partial charge is 0.345 e. The molecule has 1 fully saturated rings. The number of hydrogen-bond acceptors (Lipinski definition) is 6. The summed E-state index contributed by atoms with van der Waals surface area (Å²) >= 11 is 0. The number of nitrogens with one attached hydrogen (secondary N) is 1. The first-order valence-electron chi connectivity index (χ1n) is 5.19. The van der Waals surface area contributed by atoms with Gasteiger partial charge in [-0.15, -0.1) is 0 Å². The third-order valence-corrected chi connectivity index (χ3v) is 3.06. The summed E-state index contributed by atoms with van der Waals surface area (Å²) < 4.78 is 0.922. The van der Waals surface area contributed by atoms with Crippen LogP contribution in [0, 0.1) is 5.92 Å². The van der Waals surface area contributed by atoms with Gasteiger partial charge in [0, 0.05) is 12.5 Å². The maximum Gasteiger partial charge on any atom is 0.345 e. The van der Waals surface area contributed by atoms with E-state index in [2.05, 4.69) is 5.10 Å². The number of rotatable bonds is 2. The van der Waals surface area contributed by atoms with Gasteiger partial charge in [0.05, 0.1) is 12.1 Å². The Balaban J connectivity index is 2.35. The summed E-state index contributed by atoms with van der Waals surface area (Å²) in [5.74, 6) is -0.504. The molecule has 0 aliphatic heterocycles. The lowest BCUT2D eigenvalue weighted by Gasteiger charge is -2.16. The van der Waals surface area contributed by atoms with Crippen LogP contribution in [0.1, 0.15) is 12.5 Å². The minimum absolute atomic E-state index is 0.220. The van der Waals surface area contributed by atoms with Crippen LogP contribution in [0.25, 0.3) is 0 Å². The van der Waals surface area contributed by atoms with Crippen LogP contribution in [0.15, 0.2) is 15.8 Å². The fraction of sp³-hybridized carbons (Fsp3) is 0.667. The number of H-pyrrole nitrogens is 1. The summed E-state index contributed by atoms with van der Waals surface area (Å²) in [4.78, 5) is 24.3. The summed E-state index contributed by atoms with van der Waals surface area (Å²) in [5, 5.41) is 32.0. The number of aliphatic hydroxyl groups excluding tert-OH is 3. The summed E-state index contributed by atoms with van der Waals surface area (Å²) in [7, 11) is 0. The first-order chi connectivity index (χ1) is 8.04. The molecule has 1 aromatic rings. The van der Waals surface area contributed by atoms with E-state index in [1.165, 1.54) is 0 Å². The Labute approximate surface area is 95.2 Å². The van der Waals surface area contributed by atoms with Crippen molar-refractivity contribution < 1.29 is 15.3 Å². The lowest BCUT2D eigenvalue weighted by Crippen LogP contribution is -2.38. The van der Waals surface area contributed by atoms with Gasteiger partial charge < -0.3 is 15.3 Å². The molecule has 0 radical (unpaired) electrons. The molecule has 0 bridgehead atoms. The quantitative estimate of drug-likeness (QED) is 0.444. The van der Waals surface area contributed by atoms with Crippen LogP contribution < -0.4 is 11.2 Å². The Bertz CT molecular complexity index is 510. The molecular formula is C9H13N3O5. The van der Waals surface area contributed by atoms with Gasteiger partial charge in [0.1, 0.15) is 12.3 Å². The van der Waals surface area contributed by atoms with Crippen molar-refractivity contribution in [1.82, 2.24) is 14.8 Å². The van der Waals surface area contributed by atoms with E-state index in [0.29, 0.717) is 0 Å². The molecule has 1 aliphatic rings. The average molecular weight is 243 g/mol. The number of aromatic nitrogens is 3. The van der Waals surface area contributed by atoms with Gasteiger partial charge in [0.25, 0.3) is 5.56 Å². The molecule has 4 N–H and O–H groups in total. The van der Waals surface area contributed by atoms with E-state index >= 15 is 0 Å². The van der Waals surface area contributed by atoms with E-state index in [1.54, 1.807) is 0 Å². The third-order valence-electron chi connectivity index (χ3n) is 3.06. The molecule has 1 heterocycles. The van der Waals surface area contributed by atoms with Gasteiger partial charge in [-0.2, -0.15) is 5.10 Å². The number of aromatic amines is 1. The van der Waals surface area contributed by atoms with E-state index in [1.807, 2.05) is 4.98 Å². The first kappa shape index (κ1) is 12.0. The third kappa shape index (κ3) is 2.02. The molecule has 17 heavy (non-hydrogen) atoms. The van der Waals surface area contributed by atoms with Gasteiger partial charge in [-0.25, -0.2) is 9.48 Å². The zero-order valence-corrected chi connectivity index (χ0v) is 8.85. The predicted molar refractivity (Wildman–Crippen MR) is 55.4 cm³/mol. The first-order valence-corrected chi connectivity index (χ1v) is 5.19. The molecule has 1 aliphatic carbocycles. The van der Waals surface area contributed by atoms with Gasteiger partial charge in [-0.3, -0.25) is 9.78 Å². The van der Waals surface area contributed by atoms with Crippen LogP contribution in [0.2, 0.25) is 0 Å². The Morgan fingerprint density at radius 1 is 1.41 bits per heavy atom. The van der Waals surface area contributed by atoms with Gasteiger partial charge in [0.2, 0.25) is 0 Å². The summed E-state index contributed by atoms with van der Waals surface area (Å²) in [6.45, 7) is -0.285. The van der Waals surface area contributed by atoms with E-state index < -0.39 is 35.4 Å². The van der Waals surface area contributed by atoms with Crippen molar-refractivity contribution in [3.05, 3.63) is 27.0 Å². The van der Waals surface area contributed by atoms with Crippen molar-refractivity contribution in [3.8, 4) is 0 Å². The predicted octanol–water partition coefficient (Wildman–Crippen LogP) is -2.79. The summed E-state index contributed by atoms with van der Waals surface area (Å²) in [6, 6.07) is -0.744. The molecule has 2 rings (SSSR count). The van der Waals surface area contributed by atoms with Crippen LogP contribution in [0.4, 0.5) is 0 Å². The van der Waals surface area contributed by atoms with E-state index in [4.69, 9.17) is 5.11 Å². The number of aliphatic hydroxyl groups is 3. The molecule has 0 spiro atoms. The van der Waals surface area contributed by atoms with Crippen LogP contribution >= 0.6 is 0 Å². The molecule has 1 saturated carbocycles. The second-order valence-corrected chi connectivity index (χ2v) is 4.11. The van der Waals surface area contributed by atoms with Crippen molar-refractivity contribution in [2.45, 2.75) is 24.7 Å². The standard InChI is InChI=1S/C9H13N3O5/c13-3-4-1-5(8(16)7(4)15)12-9(17)11-6(14)2-10-12/h2,4-5,7-8,13,15-16H,1,3H2,(H,11,14,17)/t4-,5-,7-,8+/m1/s1. The van der Waals surface area contributed by atoms with Crippen LogP contribution in [-0.2, 0) is 0 Å². The van der Waals surface area contributed by atoms with Crippen LogP contribution in [-0.4, -0.2) is 48.9 Å². The highest BCUT2D eigenvalue weighted by molar-refractivity contribution is 4.94. The molecule has 8 heteroatoms. The molecule has 8 nitrogen and oxygen atoms in total. The normalized spacial score (nSPS) is 32.9. The SMILES string of the molecule is O=c1cnn([C@@H]2C[C@H](CO)[C@@H](O)[C@H]2O)c(=O)[nH]1. The lowest BCUT2D eigenvalue weighted by molar-refractivity contribution is -0.00611. The second-order valence-electron chi connectivity index (χ2n) is 4.11. The lowest BCUT2D eigenvalue weighted by atomic mass is 10.1. The zero-order valence-electron chi connectivity index (χ0n) is 8.85. The van der Waals surface area contributed by atoms with Crippen molar-refractivity contribution >= 4 is 0 Å². The molecule has 94 valence electrons. The van der Waals surface area contributed by atoms with Crippen molar-refractivity contribution in [1.29, 1.82) is 0 Å². The topological polar surface area (TPSA) is 128 Å². The second kappa shape index (κ2) is 4.40. The Morgan fingerprint density at radius 2 is 2.12 bits per heavy atom. The highest BCUT2D eigenvalue weighted by Crippen LogP contribution is 2.33. The van der Waals surface area contributed by atoms with Gasteiger partial charge in [-0.1, -0.05) is 0 Å². The molecule has 0 unspecified atom stereocenters. The van der Waals surface area contributed by atoms with E-state index in [-0.39, 0.29) is 13.0 Å². The fourth-order valence-corrected chi connectivity index (χ4v) is 2.12. The summed E-state index contributed by atoms with van der Waals surface area (Å²) in [5.41, 5.74) is -1.37. The Kier molecular flexibility index (Phi) is 3.09. The zero-order chi connectivity index (χ0) is 12.6. The van der Waals surface area contributed by atoms with Gasteiger partial charge in [-0.05, 0) is 6.42 Å². The molecular weight excluding hydrogens is 230 g/mol. The molecule has 0 aromatic carbocycles. The maximum atomic E-state index is 11.5. The van der Waals surface area contributed by atoms with Gasteiger partial charge in [0.15, 0.2) is 0 Å². The minimum Gasteiger partial charge on any atom is -0.396 e. The molecule has 1 aromatic heterocycles. The van der Waals surface area contributed by atoms with Crippen molar-refractivity contribution in [2.75, 3.05) is 6.61 Å². The number of nitrogens with zero attached hydrogens (tertiary/aromatic N) is 2. The summed E-state index contributed by atoms with van der Waals surface area (Å²) in [6.07, 6.45) is -1.15. The van der Waals surface area contributed by atoms with Gasteiger partial charge >= 0.3 is 5.69 Å². The molecule has 0 saturated heterocycles. The number of hydrogen-bond donors (Lipinski definition) is 4. The van der Waals surface area contributed by atoms with E-state index in [0.717, 1.165) is 10.9 Å². The molecule has 0 amide bonds. The van der Waals surface area contributed by atoms with E-state index in [9.17, 15) is 19.8 Å². The highest BCUT2D eigenvalue weighted by Gasteiger charge is 2.43. The monoisotopic (exact) mass is 243 g/mol. The van der Waals surface area contributed by atoms with Crippen molar-refractivity contribution in [2.24, 2.45) is 5.92 Å². The average Bonchev–Trinajstić information content (AvgIpc) is 2.57. The molecule has 4 atom stereocenters. The van der Waals surface area contributed by atoms with Crippen LogP contribution in [0.5, 0.6) is 0 Å². The van der Waals surface area contributed by atoms with Crippen molar-refractivity contribution in [3.63, 3.8) is 0 Å². The highest BCUT2D eigenvalue weighted by atomic mass is 16.3. The maximum absolute atomic E-state index is 11.5. The minimum atomic E-state index is -1.19. The van der Waals surface area contributed by atoms with Crippen LogP contribution in [0.3, 0.4) is 0 Å². The Morgan fingerprint density at radius 3 is 2.65 bits per heavy atom. The fourth-order valence-electron chi connectivity index (χ4n) is 2.12. The largest absolute Gasteiger partial charge is 0.396 e. The Hall–Kier alpha value is -1.51.